The molecule has 0 radical (unpaired) electrons. The molecule has 1 aliphatic rings. The van der Waals surface area contributed by atoms with Crippen LogP contribution in [0.5, 0.6) is 5.75 Å². The lowest BCUT2D eigenvalue weighted by Crippen LogP contribution is -1.97. The number of rotatable bonds is 3. The highest BCUT2D eigenvalue weighted by atomic mass is 79.9. The van der Waals surface area contributed by atoms with Crippen molar-refractivity contribution in [3.05, 3.63) is 75.5 Å². The molecule has 3 nitrogen and oxygen atoms in total. The minimum Gasteiger partial charge on any atom is -0.496 e. The highest BCUT2D eigenvalue weighted by molar-refractivity contribution is 9.10. The molecule has 3 rings (SSSR count). The Balaban J connectivity index is 1.91. The van der Waals surface area contributed by atoms with E-state index in [1.165, 1.54) is 12.1 Å². The van der Waals surface area contributed by atoms with E-state index < -0.39 is 5.97 Å². The third kappa shape index (κ3) is 3.35. The van der Waals surface area contributed by atoms with E-state index in [-0.39, 0.29) is 5.82 Å². The van der Waals surface area contributed by atoms with Gasteiger partial charge in [-0.1, -0.05) is 6.07 Å². The fourth-order valence-corrected chi connectivity index (χ4v) is 2.76. The Morgan fingerprint density at radius 2 is 1.91 bits per heavy atom. The van der Waals surface area contributed by atoms with Gasteiger partial charge in [0.05, 0.1) is 17.2 Å². The Morgan fingerprint density at radius 1 is 1.17 bits per heavy atom. The summed E-state index contributed by atoms with van der Waals surface area (Å²) in [6, 6.07) is 11.3. The molecule has 0 unspecified atom stereocenters. The SMILES string of the molecule is COc1ccc(/C=C2\C=C(c3ccc(F)cc3)OC2=O)cc1Br. The Morgan fingerprint density at radius 3 is 2.57 bits per heavy atom. The molecule has 0 aromatic heterocycles. The number of halogens is 2. The number of esters is 1. The van der Waals surface area contributed by atoms with Gasteiger partial charge in [0.1, 0.15) is 17.3 Å². The number of benzene rings is 2. The number of hydrogen-bond donors (Lipinski definition) is 0. The molecular formula is C18H12BrFO3. The molecule has 1 aliphatic heterocycles. The summed E-state index contributed by atoms with van der Waals surface area (Å²) in [6.07, 6.45) is 3.37. The van der Waals surface area contributed by atoms with Gasteiger partial charge in [0.25, 0.3) is 0 Å². The van der Waals surface area contributed by atoms with Crippen molar-refractivity contribution in [2.24, 2.45) is 0 Å². The number of hydrogen-bond acceptors (Lipinski definition) is 3. The van der Waals surface area contributed by atoms with Gasteiger partial charge in [0, 0.05) is 5.56 Å². The summed E-state index contributed by atoms with van der Waals surface area (Å²) < 4.78 is 24.2. The summed E-state index contributed by atoms with van der Waals surface area (Å²) in [6.45, 7) is 0. The smallest absolute Gasteiger partial charge is 0.343 e. The number of cyclic esters (lactones) is 1. The van der Waals surface area contributed by atoms with Crippen LogP contribution in [0.2, 0.25) is 0 Å². The Hall–Kier alpha value is -2.40. The topological polar surface area (TPSA) is 35.5 Å². The van der Waals surface area contributed by atoms with E-state index in [0.29, 0.717) is 22.6 Å². The monoisotopic (exact) mass is 374 g/mol. The summed E-state index contributed by atoms with van der Waals surface area (Å²) in [5.41, 5.74) is 1.92. The molecule has 23 heavy (non-hydrogen) atoms. The highest BCUT2D eigenvalue weighted by Crippen LogP contribution is 2.30. The van der Waals surface area contributed by atoms with Gasteiger partial charge in [0.15, 0.2) is 0 Å². The number of methoxy groups -OCH3 is 1. The van der Waals surface area contributed by atoms with Crippen molar-refractivity contribution < 1.29 is 18.7 Å². The molecule has 0 spiro atoms. The molecule has 0 N–H and O–H groups in total. The molecule has 0 saturated heterocycles. The van der Waals surface area contributed by atoms with E-state index in [2.05, 4.69) is 15.9 Å². The van der Waals surface area contributed by atoms with Gasteiger partial charge in [-0.2, -0.15) is 0 Å². The zero-order chi connectivity index (χ0) is 16.4. The van der Waals surface area contributed by atoms with E-state index >= 15 is 0 Å². The van der Waals surface area contributed by atoms with Crippen LogP contribution in [-0.2, 0) is 9.53 Å². The lowest BCUT2D eigenvalue weighted by molar-refractivity contribution is -0.130. The first-order valence-corrected chi connectivity index (χ1v) is 7.61. The van der Waals surface area contributed by atoms with Crippen LogP contribution < -0.4 is 4.74 Å². The van der Waals surface area contributed by atoms with E-state index in [4.69, 9.17) is 9.47 Å². The molecule has 0 aliphatic carbocycles. The lowest BCUT2D eigenvalue weighted by atomic mass is 10.1. The van der Waals surface area contributed by atoms with Crippen LogP contribution in [0.1, 0.15) is 11.1 Å². The normalized spacial score (nSPS) is 15.5. The van der Waals surface area contributed by atoms with Gasteiger partial charge < -0.3 is 9.47 Å². The maximum absolute atomic E-state index is 13.0. The van der Waals surface area contributed by atoms with Gasteiger partial charge in [0.2, 0.25) is 0 Å². The maximum atomic E-state index is 13.0. The Bertz CT molecular complexity index is 823. The van der Waals surface area contributed by atoms with Crippen molar-refractivity contribution >= 4 is 33.7 Å². The molecule has 0 amide bonds. The van der Waals surface area contributed by atoms with Crippen LogP contribution in [0.25, 0.3) is 11.8 Å². The van der Waals surface area contributed by atoms with Crippen molar-refractivity contribution in [2.45, 2.75) is 0 Å². The first-order chi connectivity index (χ1) is 11.1. The Labute approximate surface area is 141 Å². The second-order valence-electron chi connectivity index (χ2n) is 4.90. The lowest BCUT2D eigenvalue weighted by Gasteiger charge is -2.03. The maximum Gasteiger partial charge on any atom is 0.343 e. The zero-order valence-corrected chi connectivity index (χ0v) is 13.8. The first kappa shape index (κ1) is 15.5. The third-order valence-electron chi connectivity index (χ3n) is 3.35. The van der Waals surface area contributed by atoms with E-state index in [9.17, 15) is 9.18 Å². The van der Waals surface area contributed by atoms with Crippen LogP contribution in [0.15, 0.2) is 58.6 Å². The standard InChI is InChI=1S/C18H12BrFO3/c1-22-16-7-2-11(9-15(16)19)8-13-10-17(23-18(13)21)12-3-5-14(20)6-4-12/h2-10H,1H3/b13-8+. The molecule has 0 atom stereocenters. The first-order valence-electron chi connectivity index (χ1n) is 6.82. The second kappa shape index (κ2) is 6.38. The highest BCUT2D eigenvalue weighted by Gasteiger charge is 2.22. The minimum atomic E-state index is -0.434. The fourth-order valence-electron chi connectivity index (χ4n) is 2.20. The summed E-state index contributed by atoms with van der Waals surface area (Å²) >= 11 is 3.41. The number of carbonyl (C=O) groups is 1. The summed E-state index contributed by atoms with van der Waals surface area (Å²) in [4.78, 5) is 12.0. The zero-order valence-electron chi connectivity index (χ0n) is 12.2. The van der Waals surface area contributed by atoms with Gasteiger partial charge >= 0.3 is 5.97 Å². The molecule has 1 heterocycles. The molecule has 0 fully saturated rings. The quantitative estimate of drug-likeness (QED) is 0.582. The molecule has 0 bridgehead atoms. The molecule has 2 aromatic rings. The molecule has 5 heteroatoms. The van der Waals surface area contributed by atoms with Crippen molar-refractivity contribution in [3.8, 4) is 5.75 Å². The van der Waals surface area contributed by atoms with Crippen molar-refractivity contribution in [1.29, 1.82) is 0 Å². The van der Waals surface area contributed by atoms with Crippen LogP contribution in [-0.4, -0.2) is 13.1 Å². The van der Waals surface area contributed by atoms with Crippen LogP contribution >= 0.6 is 15.9 Å². The van der Waals surface area contributed by atoms with Crippen molar-refractivity contribution in [1.82, 2.24) is 0 Å². The minimum absolute atomic E-state index is 0.336. The van der Waals surface area contributed by atoms with Crippen LogP contribution in [0.4, 0.5) is 4.39 Å². The predicted molar refractivity (Wildman–Crippen MR) is 89.1 cm³/mol. The molecule has 0 saturated carbocycles. The van der Waals surface area contributed by atoms with E-state index in [1.807, 2.05) is 12.1 Å². The predicted octanol–water partition coefficient (Wildman–Crippen LogP) is 4.58. The summed E-state index contributed by atoms with van der Waals surface area (Å²) in [7, 11) is 1.59. The average molecular weight is 375 g/mol. The van der Waals surface area contributed by atoms with Gasteiger partial charge in [-0.25, -0.2) is 9.18 Å². The van der Waals surface area contributed by atoms with Gasteiger partial charge in [-0.05, 0) is 70.0 Å². The summed E-state index contributed by atoms with van der Waals surface area (Å²) in [5, 5.41) is 0. The van der Waals surface area contributed by atoms with Gasteiger partial charge in [-0.3, -0.25) is 0 Å². The third-order valence-corrected chi connectivity index (χ3v) is 3.97. The molecule has 116 valence electrons. The van der Waals surface area contributed by atoms with E-state index in [0.717, 1.165) is 10.0 Å². The number of ether oxygens (including phenoxy) is 2. The largest absolute Gasteiger partial charge is 0.496 e. The van der Waals surface area contributed by atoms with Gasteiger partial charge in [-0.15, -0.1) is 0 Å². The van der Waals surface area contributed by atoms with Crippen LogP contribution in [0, 0.1) is 5.82 Å². The second-order valence-corrected chi connectivity index (χ2v) is 5.75. The van der Waals surface area contributed by atoms with Crippen molar-refractivity contribution in [2.75, 3.05) is 7.11 Å². The van der Waals surface area contributed by atoms with Crippen molar-refractivity contribution in [3.63, 3.8) is 0 Å². The fraction of sp³-hybridized carbons (Fsp3) is 0.0556. The number of carbonyl (C=O) groups excluding carboxylic acids is 1. The van der Waals surface area contributed by atoms with E-state index in [1.54, 1.807) is 37.5 Å². The van der Waals surface area contributed by atoms with Crippen LogP contribution in [0.3, 0.4) is 0 Å². The average Bonchev–Trinajstić information content (AvgIpc) is 2.89. The Kier molecular flexibility index (Phi) is 4.30. The molecule has 2 aromatic carbocycles. The molecular weight excluding hydrogens is 363 g/mol. The summed E-state index contributed by atoms with van der Waals surface area (Å²) in [5.74, 6) is 0.353.